The molecule has 1 aliphatic carbocycles. The van der Waals surface area contributed by atoms with Gasteiger partial charge in [0.25, 0.3) is 0 Å². The van der Waals surface area contributed by atoms with Gasteiger partial charge in [-0.25, -0.2) is 18.2 Å². The minimum absolute atomic E-state index is 0.0114. The number of fused-ring (bicyclic) bond motifs is 3. The zero-order valence-electron chi connectivity index (χ0n) is 19.5. The highest BCUT2D eigenvalue weighted by atomic mass is 32.2. The third-order valence-electron chi connectivity index (χ3n) is 6.36. The number of hydrogen-bond acceptors (Lipinski definition) is 6. The van der Waals surface area contributed by atoms with Gasteiger partial charge in [0.05, 0.1) is 11.4 Å². The summed E-state index contributed by atoms with van der Waals surface area (Å²) < 4.78 is 32.5. The van der Waals surface area contributed by atoms with E-state index in [2.05, 4.69) is 4.98 Å². The molecule has 1 aromatic heterocycles. The number of rotatable bonds is 9. The van der Waals surface area contributed by atoms with Crippen LogP contribution in [0.4, 0.5) is 0 Å². The van der Waals surface area contributed by atoms with E-state index in [1.165, 1.54) is 11.3 Å². The van der Waals surface area contributed by atoms with Crippen molar-refractivity contribution >= 4 is 27.1 Å². The van der Waals surface area contributed by atoms with Crippen LogP contribution in [-0.2, 0) is 27.5 Å². The number of benzene rings is 3. The second-order valence-corrected chi connectivity index (χ2v) is 12.1. The molecule has 4 aromatic rings. The van der Waals surface area contributed by atoms with E-state index in [-0.39, 0.29) is 16.0 Å². The van der Waals surface area contributed by atoms with Crippen molar-refractivity contribution in [2.75, 3.05) is 12.4 Å². The molecule has 0 saturated heterocycles. The third kappa shape index (κ3) is 5.05. The number of carbonyl (C=O) groups is 1. The van der Waals surface area contributed by atoms with E-state index in [0.717, 1.165) is 27.1 Å². The lowest BCUT2D eigenvalue weighted by Crippen LogP contribution is -2.12. The van der Waals surface area contributed by atoms with E-state index in [0.29, 0.717) is 30.7 Å². The highest BCUT2D eigenvalue weighted by Crippen LogP contribution is 2.41. The largest absolute Gasteiger partial charge is 0.482 e. The number of hydrogen-bond donors (Lipinski definition) is 1. The molecule has 0 unspecified atom stereocenters. The number of sulfone groups is 1. The van der Waals surface area contributed by atoms with Crippen LogP contribution in [0.2, 0.25) is 0 Å². The van der Waals surface area contributed by atoms with Gasteiger partial charge in [-0.2, -0.15) is 0 Å². The fourth-order valence-corrected chi connectivity index (χ4v) is 7.47. The molecule has 6 nitrogen and oxygen atoms in total. The second kappa shape index (κ2) is 10.2. The van der Waals surface area contributed by atoms with Gasteiger partial charge in [-0.3, -0.25) is 0 Å². The van der Waals surface area contributed by atoms with Crippen molar-refractivity contribution in [3.05, 3.63) is 100 Å². The predicted molar refractivity (Wildman–Crippen MR) is 139 cm³/mol. The maximum atomic E-state index is 13.4. The Labute approximate surface area is 214 Å². The highest BCUT2D eigenvalue weighted by Gasteiger charge is 2.29. The van der Waals surface area contributed by atoms with Gasteiger partial charge >= 0.3 is 5.97 Å². The SMILES string of the molecule is O=C(O)COc1cccc2c1CCc1sc(S(=O)(=O)CCC(c3ccccc3)c3ccccc3)nc1-2. The molecule has 3 aromatic carbocycles. The van der Waals surface area contributed by atoms with Crippen LogP contribution in [0.25, 0.3) is 11.3 Å². The van der Waals surface area contributed by atoms with Crippen molar-refractivity contribution in [2.45, 2.75) is 29.5 Å². The first-order valence-electron chi connectivity index (χ1n) is 11.7. The molecule has 0 aliphatic heterocycles. The topological polar surface area (TPSA) is 93.6 Å². The van der Waals surface area contributed by atoms with Gasteiger partial charge < -0.3 is 9.84 Å². The molecule has 0 radical (unpaired) electrons. The Kier molecular flexibility index (Phi) is 6.89. The maximum absolute atomic E-state index is 13.4. The number of nitrogens with zero attached hydrogens (tertiary/aromatic N) is 1. The van der Waals surface area contributed by atoms with Crippen molar-refractivity contribution in [3.8, 4) is 17.0 Å². The molecule has 0 fully saturated rings. The summed E-state index contributed by atoms with van der Waals surface area (Å²) in [5.41, 5.74) is 4.50. The number of thiazole rings is 1. The van der Waals surface area contributed by atoms with E-state index in [9.17, 15) is 13.2 Å². The van der Waals surface area contributed by atoms with E-state index < -0.39 is 22.4 Å². The number of ether oxygens (including phenoxy) is 1. The molecule has 1 aliphatic rings. The smallest absolute Gasteiger partial charge is 0.341 e. The molecule has 0 atom stereocenters. The van der Waals surface area contributed by atoms with Crippen LogP contribution >= 0.6 is 11.3 Å². The molecular formula is C28H25NO5S2. The van der Waals surface area contributed by atoms with E-state index >= 15 is 0 Å². The van der Waals surface area contributed by atoms with Crippen LogP contribution in [0.15, 0.2) is 83.2 Å². The average molecular weight is 520 g/mol. The number of aryl methyl sites for hydroxylation is 1. The van der Waals surface area contributed by atoms with Crippen LogP contribution < -0.4 is 4.74 Å². The molecule has 5 rings (SSSR count). The lowest BCUT2D eigenvalue weighted by atomic mass is 9.89. The van der Waals surface area contributed by atoms with Gasteiger partial charge in [-0.1, -0.05) is 72.8 Å². The second-order valence-electron chi connectivity index (χ2n) is 8.70. The molecule has 1 heterocycles. The van der Waals surface area contributed by atoms with Gasteiger partial charge in [0, 0.05) is 21.9 Å². The predicted octanol–water partition coefficient (Wildman–Crippen LogP) is 5.37. The Morgan fingerprint density at radius 3 is 2.25 bits per heavy atom. The Bertz CT molecular complexity index is 1440. The Morgan fingerprint density at radius 1 is 0.944 bits per heavy atom. The monoisotopic (exact) mass is 519 g/mol. The fourth-order valence-electron chi connectivity index (χ4n) is 4.66. The lowest BCUT2D eigenvalue weighted by Gasteiger charge is -2.18. The van der Waals surface area contributed by atoms with Gasteiger partial charge in [0.15, 0.2) is 6.61 Å². The molecule has 184 valence electrons. The van der Waals surface area contributed by atoms with E-state index in [1.807, 2.05) is 66.7 Å². The summed E-state index contributed by atoms with van der Waals surface area (Å²) in [4.78, 5) is 16.5. The molecule has 1 N–H and O–H groups in total. The summed E-state index contributed by atoms with van der Waals surface area (Å²) in [6.45, 7) is -0.427. The van der Waals surface area contributed by atoms with Crippen LogP contribution in [0.3, 0.4) is 0 Å². The Morgan fingerprint density at radius 2 is 1.61 bits per heavy atom. The highest BCUT2D eigenvalue weighted by molar-refractivity contribution is 7.93. The van der Waals surface area contributed by atoms with Crippen molar-refractivity contribution in [3.63, 3.8) is 0 Å². The molecule has 8 heteroatoms. The number of aliphatic carboxylic acids is 1. The van der Waals surface area contributed by atoms with Gasteiger partial charge in [0.2, 0.25) is 14.2 Å². The number of carboxylic acids is 1. The van der Waals surface area contributed by atoms with Gasteiger partial charge in [-0.05, 0) is 36.5 Å². The zero-order valence-corrected chi connectivity index (χ0v) is 21.1. The first kappa shape index (κ1) is 24.2. The summed E-state index contributed by atoms with van der Waals surface area (Å²) in [6, 6.07) is 25.4. The number of aromatic nitrogens is 1. The fraction of sp³-hybridized carbons (Fsp3) is 0.214. The molecule has 0 saturated carbocycles. The van der Waals surface area contributed by atoms with Crippen molar-refractivity contribution in [1.29, 1.82) is 0 Å². The van der Waals surface area contributed by atoms with Crippen molar-refractivity contribution < 1.29 is 23.1 Å². The van der Waals surface area contributed by atoms with Crippen LogP contribution in [0.5, 0.6) is 5.75 Å². The van der Waals surface area contributed by atoms with Gasteiger partial charge in [-0.15, -0.1) is 11.3 Å². The lowest BCUT2D eigenvalue weighted by molar-refractivity contribution is -0.139. The zero-order chi connectivity index (χ0) is 25.1. The Balaban J connectivity index is 1.41. The standard InChI is InChI=1S/C28H25NO5S2/c30-26(31)18-34-24-13-7-12-23-22(24)14-15-25-27(23)29-28(35-25)36(32,33)17-16-21(19-8-3-1-4-9-19)20-10-5-2-6-11-20/h1-13,21H,14-18H2,(H,30,31). The average Bonchev–Trinajstić information content (AvgIpc) is 3.35. The minimum atomic E-state index is -3.60. The van der Waals surface area contributed by atoms with Crippen molar-refractivity contribution in [1.82, 2.24) is 4.98 Å². The summed E-state index contributed by atoms with van der Waals surface area (Å²) in [5, 5.41) is 8.96. The van der Waals surface area contributed by atoms with E-state index in [1.54, 1.807) is 12.1 Å². The van der Waals surface area contributed by atoms with Gasteiger partial charge in [0.1, 0.15) is 5.75 Å². The van der Waals surface area contributed by atoms with E-state index in [4.69, 9.17) is 9.84 Å². The maximum Gasteiger partial charge on any atom is 0.341 e. The first-order chi connectivity index (χ1) is 17.4. The normalized spacial score (nSPS) is 12.7. The summed E-state index contributed by atoms with van der Waals surface area (Å²) in [6.07, 6.45) is 1.73. The molecule has 0 bridgehead atoms. The first-order valence-corrected chi connectivity index (χ1v) is 14.2. The van der Waals surface area contributed by atoms with Crippen LogP contribution in [0, 0.1) is 0 Å². The van der Waals surface area contributed by atoms with Crippen LogP contribution in [0.1, 0.15) is 33.9 Å². The van der Waals surface area contributed by atoms with Crippen molar-refractivity contribution in [2.24, 2.45) is 0 Å². The molecule has 36 heavy (non-hydrogen) atoms. The molecule has 0 spiro atoms. The molecule has 0 amide bonds. The third-order valence-corrected chi connectivity index (χ3v) is 9.68. The van der Waals surface area contributed by atoms with Crippen LogP contribution in [-0.4, -0.2) is 36.8 Å². The molecular weight excluding hydrogens is 494 g/mol. The summed E-state index contributed by atoms with van der Waals surface area (Å²) >= 11 is 1.24. The Hall–Kier alpha value is -3.49. The quantitative estimate of drug-likeness (QED) is 0.320. The summed E-state index contributed by atoms with van der Waals surface area (Å²) in [5.74, 6) is -0.587. The number of carboxylic acid groups (broad SMARTS) is 1. The summed E-state index contributed by atoms with van der Waals surface area (Å²) in [7, 11) is -3.60. The minimum Gasteiger partial charge on any atom is -0.482 e.